The molecule has 6 unspecified atom stereocenters. The van der Waals surface area contributed by atoms with Gasteiger partial charge in [-0.25, -0.2) is 0 Å². The zero-order valence-electron chi connectivity index (χ0n) is 18.3. The van der Waals surface area contributed by atoms with Crippen LogP contribution < -0.4 is 14.9 Å². The maximum absolute atomic E-state index is 12.7. The van der Waals surface area contributed by atoms with Gasteiger partial charge >= 0.3 is 0 Å². The Hall–Kier alpha value is -2.21. The summed E-state index contributed by atoms with van der Waals surface area (Å²) in [5.74, 6) is 1.24. The molecule has 10 nitrogen and oxygen atoms in total. The summed E-state index contributed by atoms with van der Waals surface area (Å²) in [6.45, 7) is 4.63. The number of ether oxygens (including phenoxy) is 4. The Kier molecular flexibility index (Phi) is 5.95. The minimum absolute atomic E-state index is 0.240. The lowest BCUT2D eigenvalue weighted by Gasteiger charge is -2.45. The number of benzene rings is 1. The molecule has 0 radical (unpaired) electrons. The summed E-state index contributed by atoms with van der Waals surface area (Å²) in [7, 11) is 1.49. The minimum Gasteiger partial charge on any atom is -0.496 e. The number of fused-ring (bicyclic) bond motifs is 3. The van der Waals surface area contributed by atoms with Gasteiger partial charge in [0.05, 0.1) is 13.7 Å². The van der Waals surface area contributed by atoms with Crippen LogP contribution in [0.2, 0.25) is 0 Å². The van der Waals surface area contributed by atoms with E-state index in [4.69, 9.17) is 23.4 Å². The summed E-state index contributed by atoms with van der Waals surface area (Å²) < 4.78 is 28.9. The molecule has 0 amide bonds. The topological polar surface area (TPSA) is 148 Å². The summed E-state index contributed by atoms with van der Waals surface area (Å²) in [5.41, 5.74) is -0.297. The Morgan fingerprint density at radius 1 is 1.16 bits per heavy atom. The second-order valence-corrected chi connectivity index (χ2v) is 8.71. The van der Waals surface area contributed by atoms with Gasteiger partial charge < -0.3 is 43.8 Å². The van der Waals surface area contributed by atoms with Gasteiger partial charge in [-0.15, -0.1) is 0 Å². The van der Waals surface area contributed by atoms with Crippen LogP contribution in [0.1, 0.15) is 25.2 Å². The normalized spacial score (nSPS) is 31.8. The van der Waals surface area contributed by atoms with Crippen molar-refractivity contribution < 1.29 is 43.8 Å². The number of aliphatic hydroxyl groups excluding tert-OH is 4. The molecule has 3 heterocycles. The highest BCUT2D eigenvalue weighted by atomic mass is 16.7. The van der Waals surface area contributed by atoms with Crippen molar-refractivity contribution in [1.29, 1.82) is 0 Å². The van der Waals surface area contributed by atoms with E-state index in [9.17, 15) is 25.2 Å². The van der Waals surface area contributed by atoms with Crippen molar-refractivity contribution in [1.82, 2.24) is 0 Å². The zero-order valence-corrected chi connectivity index (χ0v) is 18.3. The van der Waals surface area contributed by atoms with Crippen molar-refractivity contribution in [2.24, 2.45) is 0 Å². The quantitative estimate of drug-likeness (QED) is 0.500. The van der Waals surface area contributed by atoms with Gasteiger partial charge in [0.15, 0.2) is 11.7 Å². The van der Waals surface area contributed by atoms with E-state index in [-0.39, 0.29) is 11.8 Å². The van der Waals surface area contributed by atoms with Crippen LogP contribution in [0.3, 0.4) is 0 Å². The van der Waals surface area contributed by atoms with Crippen molar-refractivity contribution in [3.8, 4) is 11.5 Å². The Balaban J connectivity index is 1.72. The number of hydrogen-bond donors (Lipinski definition) is 4. The lowest BCUT2D eigenvalue weighted by molar-refractivity contribution is -0.321. The number of hydrogen-bond acceptors (Lipinski definition) is 10. The highest BCUT2D eigenvalue weighted by Gasteiger charge is 2.48. The van der Waals surface area contributed by atoms with Crippen LogP contribution in [-0.2, 0) is 15.9 Å². The van der Waals surface area contributed by atoms with E-state index < -0.39 is 49.0 Å². The predicted molar refractivity (Wildman–Crippen MR) is 111 cm³/mol. The second kappa shape index (κ2) is 8.29. The van der Waals surface area contributed by atoms with Crippen molar-refractivity contribution in [3.63, 3.8) is 0 Å². The fraction of sp³-hybridized carbons (Fsp3) is 0.591. The largest absolute Gasteiger partial charge is 0.496 e. The first kappa shape index (κ1) is 23.0. The molecule has 1 aromatic carbocycles. The lowest BCUT2D eigenvalue weighted by Crippen LogP contribution is -2.61. The third-order valence-corrected chi connectivity index (χ3v) is 6.06. The SMILES string of the molecule is COc1cc2oc(C)cc(=O)c2c2c1CC(OC1OC(CO)C(O)C(O)C1O)C(C)(C)O2. The van der Waals surface area contributed by atoms with Gasteiger partial charge in [0.25, 0.3) is 0 Å². The van der Waals surface area contributed by atoms with Gasteiger partial charge in [-0.3, -0.25) is 4.79 Å². The summed E-state index contributed by atoms with van der Waals surface area (Å²) in [4.78, 5) is 12.7. The molecule has 0 spiro atoms. The van der Waals surface area contributed by atoms with Gasteiger partial charge in [0.1, 0.15) is 64.3 Å². The fourth-order valence-electron chi connectivity index (χ4n) is 4.23. The maximum atomic E-state index is 12.7. The average Bonchev–Trinajstić information content (AvgIpc) is 2.73. The van der Waals surface area contributed by atoms with Gasteiger partial charge in [-0.2, -0.15) is 0 Å². The Morgan fingerprint density at radius 3 is 2.53 bits per heavy atom. The summed E-state index contributed by atoms with van der Waals surface area (Å²) in [5, 5.41) is 40.2. The number of methoxy groups -OCH3 is 1. The molecule has 4 N–H and O–H groups in total. The third-order valence-electron chi connectivity index (χ3n) is 6.06. The molecule has 6 atom stereocenters. The maximum Gasteiger partial charge on any atom is 0.196 e. The summed E-state index contributed by atoms with van der Waals surface area (Å²) in [6.07, 6.45) is -7.45. The highest BCUT2D eigenvalue weighted by Crippen LogP contribution is 2.44. The van der Waals surface area contributed by atoms with Gasteiger partial charge in [0.2, 0.25) is 0 Å². The van der Waals surface area contributed by atoms with E-state index in [0.717, 1.165) is 0 Å². The number of rotatable bonds is 4. The number of aryl methyl sites for hydroxylation is 1. The summed E-state index contributed by atoms with van der Waals surface area (Å²) >= 11 is 0. The van der Waals surface area contributed by atoms with E-state index in [1.54, 1.807) is 26.8 Å². The first-order valence-corrected chi connectivity index (χ1v) is 10.4. The smallest absolute Gasteiger partial charge is 0.196 e. The van der Waals surface area contributed by atoms with E-state index in [0.29, 0.717) is 33.8 Å². The number of aliphatic hydroxyl groups is 4. The molecule has 2 aliphatic heterocycles. The molecular formula is C22H28O10. The van der Waals surface area contributed by atoms with Gasteiger partial charge in [-0.05, 0) is 20.8 Å². The molecule has 0 bridgehead atoms. The van der Waals surface area contributed by atoms with Crippen LogP contribution in [0.25, 0.3) is 11.0 Å². The molecule has 32 heavy (non-hydrogen) atoms. The average molecular weight is 452 g/mol. The second-order valence-electron chi connectivity index (χ2n) is 8.71. The van der Waals surface area contributed by atoms with E-state index in [1.807, 2.05) is 0 Å². The first-order chi connectivity index (χ1) is 15.1. The molecule has 0 saturated carbocycles. The standard InChI is InChI=1S/C22H28O10/c1-9-5-11(24)16-13(29-9)7-12(28-4)10-6-15(22(2,3)32-20(10)16)31-21-19(27)18(26)17(25)14(8-23)30-21/h5,7,14-15,17-19,21,23,25-27H,6,8H2,1-4H3. The fourth-order valence-corrected chi connectivity index (χ4v) is 4.23. The van der Waals surface area contributed by atoms with Crippen molar-refractivity contribution in [3.05, 3.63) is 33.7 Å². The van der Waals surface area contributed by atoms with Crippen LogP contribution >= 0.6 is 0 Å². The summed E-state index contributed by atoms with van der Waals surface area (Å²) in [6, 6.07) is 3.01. The Labute approximate surface area is 183 Å². The van der Waals surface area contributed by atoms with Crippen molar-refractivity contribution in [2.45, 2.75) is 69.6 Å². The molecule has 1 fully saturated rings. The monoisotopic (exact) mass is 452 g/mol. The molecule has 0 aliphatic carbocycles. The van der Waals surface area contributed by atoms with Crippen LogP contribution in [0.4, 0.5) is 0 Å². The van der Waals surface area contributed by atoms with Crippen LogP contribution in [0.5, 0.6) is 11.5 Å². The Bertz CT molecular complexity index is 1060. The first-order valence-electron chi connectivity index (χ1n) is 10.4. The molecular weight excluding hydrogens is 424 g/mol. The van der Waals surface area contributed by atoms with E-state index in [2.05, 4.69) is 0 Å². The van der Waals surface area contributed by atoms with Crippen LogP contribution in [0.15, 0.2) is 21.3 Å². The molecule has 1 aromatic heterocycles. The molecule has 2 aromatic rings. The molecule has 10 heteroatoms. The highest BCUT2D eigenvalue weighted by molar-refractivity contribution is 5.87. The molecule has 4 rings (SSSR count). The van der Waals surface area contributed by atoms with Crippen molar-refractivity contribution >= 4 is 11.0 Å². The molecule has 1 saturated heterocycles. The van der Waals surface area contributed by atoms with E-state index >= 15 is 0 Å². The van der Waals surface area contributed by atoms with Gasteiger partial charge in [0, 0.05) is 24.1 Å². The third kappa shape index (κ3) is 3.76. The van der Waals surface area contributed by atoms with Gasteiger partial charge in [-0.1, -0.05) is 0 Å². The molecule has 176 valence electrons. The van der Waals surface area contributed by atoms with E-state index in [1.165, 1.54) is 13.2 Å². The van der Waals surface area contributed by atoms with Crippen LogP contribution in [-0.4, -0.2) is 76.6 Å². The minimum atomic E-state index is -1.56. The lowest BCUT2D eigenvalue weighted by atomic mass is 9.89. The predicted octanol–water partition coefficient (Wildman–Crippen LogP) is 0.00862. The zero-order chi connectivity index (χ0) is 23.4. The van der Waals surface area contributed by atoms with Crippen LogP contribution in [0, 0.1) is 6.92 Å². The van der Waals surface area contributed by atoms with Crippen molar-refractivity contribution in [2.75, 3.05) is 13.7 Å². The Morgan fingerprint density at radius 2 is 1.88 bits per heavy atom. The molecule has 2 aliphatic rings.